The van der Waals surface area contributed by atoms with E-state index in [4.69, 9.17) is 15.0 Å². The van der Waals surface area contributed by atoms with Crippen LogP contribution in [0.1, 0.15) is 0 Å². The SMILES string of the molecule is c1ccc(-c2nc(-c3ccccc3)nc(-n3c4ccccc4c4ccc(-n5c6ccccc6c6c7c8ccccc8n(-c8cccc9ccccc89)c7ccc65)cc43)n2)cc1. The van der Waals surface area contributed by atoms with Crippen LogP contribution in [0.25, 0.3) is 116 Å². The molecule has 0 N–H and O–H groups in total. The van der Waals surface area contributed by atoms with Crippen LogP contribution < -0.4 is 0 Å². The summed E-state index contributed by atoms with van der Waals surface area (Å²) in [5, 5.41) is 9.64. The molecular formula is C55H34N6. The van der Waals surface area contributed by atoms with Gasteiger partial charge in [0.2, 0.25) is 5.95 Å². The van der Waals surface area contributed by atoms with Gasteiger partial charge >= 0.3 is 0 Å². The van der Waals surface area contributed by atoms with Gasteiger partial charge in [-0.1, -0.05) is 158 Å². The Kier molecular flexibility index (Phi) is 7.21. The van der Waals surface area contributed by atoms with Crippen molar-refractivity contribution < 1.29 is 0 Å². The summed E-state index contributed by atoms with van der Waals surface area (Å²) in [4.78, 5) is 15.4. The molecule has 0 aliphatic carbocycles. The maximum absolute atomic E-state index is 5.21. The van der Waals surface area contributed by atoms with Crippen molar-refractivity contribution in [3.05, 3.63) is 206 Å². The second-order valence-corrected chi connectivity index (χ2v) is 15.6. The highest BCUT2D eigenvalue weighted by Crippen LogP contribution is 2.44. The van der Waals surface area contributed by atoms with Crippen LogP contribution in [-0.4, -0.2) is 28.7 Å². The predicted molar refractivity (Wildman–Crippen MR) is 251 cm³/mol. The summed E-state index contributed by atoms with van der Waals surface area (Å²) < 4.78 is 7.08. The highest BCUT2D eigenvalue weighted by molar-refractivity contribution is 6.29. The Morgan fingerprint density at radius 3 is 1.44 bits per heavy atom. The third-order valence-electron chi connectivity index (χ3n) is 12.3. The number of fused-ring (bicyclic) bond motifs is 11. The molecule has 4 heterocycles. The van der Waals surface area contributed by atoms with Crippen molar-refractivity contribution >= 4 is 76.2 Å². The molecule has 0 radical (unpaired) electrons. The zero-order chi connectivity index (χ0) is 40.0. The van der Waals surface area contributed by atoms with Crippen LogP contribution in [0.5, 0.6) is 0 Å². The van der Waals surface area contributed by atoms with E-state index in [0.29, 0.717) is 17.6 Å². The van der Waals surface area contributed by atoms with E-state index in [9.17, 15) is 0 Å². The van der Waals surface area contributed by atoms with Crippen molar-refractivity contribution in [2.24, 2.45) is 0 Å². The van der Waals surface area contributed by atoms with Crippen LogP contribution in [0, 0.1) is 0 Å². The Bertz CT molecular complexity index is 3810. The lowest BCUT2D eigenvalue weighted by Gasteiger charge is -2.13. The minimum Gasteiger partial charge on any atom is -0.309 e. The van der Waals surface area contributed by atoms with Crippen LogP contribution in [0.15, 0.2) is 206 Å². The van der Waals surface area contributed by atoms with Crippen molar-refractivity contribution in [1.82, 2.24) is 28.7 Å². The summed E-state index contributed by atoms with van der Waals surface area (Å²) in [6.45, 7) is 0. The first-order chi connectivity index (χ1) is 30.3. The molecule has 6 heteroatoms. The molecule has 284 valence electrons. The van der Waals surface area contributed by atoms with Crippen molar-refractivity contribution in [3.8, 4) is 40.1 Å². The fraction of sp³-hybridized carbons (Fsp3) is 0. The minimum atomic E-state index is 0.571. The summed E-state index contributed by atoms with van der Waals surface area (Å²) in [6, 6.07) is 73.2. The number of benzene rings is 9. The third kappa shape index (κ3) is 5.00. The zero-order valence-electron chi connectivity index (χ0n) is 32.8. The molecule has 0 aliphatic rings. The van der Waals surface area contributed by atoms with Crippen LogP contribution in [0.2, 0.25) is 0 Å². The lowest BCUT2D eigenvalue weighted by atomic mass is 10.1. The molecule has 13 rings (SSSR count). The number of aromatic nitrogens is 6. The second kappa shape index (κ2) is 13.1. The molecule has 6 nitrogen and oxygen atoms in total. The number of nitrogens with zero attached hydrogens (tertiary/aromatic N) is 6. The zero-order valence-corrected chi connectivity index (χ0v) is 32.8. The van der Waals surface area contributed by atoms with Crippen molar-refractivity contribution in [3.63, 3.8) is 0 Å². The van der Waals surface area contributed by atoms with E-state index in [2.05, 4.69) is 184 Å². The van der Waals surface area contributed by atoms with Gasteiger partial charge in [0.05, 0.1) is 38.8 Å². The largest absolute Gasteiger partial charge is 0.309 e. The molecule has 0 spiro atoms. The fourth-order valence-corrected chi connectivity index (χ4v) is 9.67. The Morgan fingerprint density at radius 2 is 0.787 bits per heavy atom. The quantitative estimate of drug-likeness (QED) is 0.175. The summed E-state index contributed by atoms with van der Waals surface area (Å²) in [6.07, 6.45) is 0. The number of hydrogen-bond acceptors (Lipinski definition) is 3. The van der Waals surface area contributed by atoms with Gasteiger partial charge in [0.25, 0.3) is 0 Å². The van der Waals surface area contributed by atoms with E-state index >= 15 is 0 Å². The molecule has 0 amide bonds. The van der Waals surface area contributed by atoms with Gasteiger partial charge in [-0.05, 0) is 53.9 Å². The van der Waals surface area contributed by atoms with Crippen molar-refractivity contribution in [2.45, 2.75) is 0 Å². The first kappa shape index (κ1) is 33.6. The van der Waals surface area contributed by atoms with Crippen LogP contribution in [-0.2, 0) is 0 Å². The number of hydrogen-bond donors (Lipinski definition) is 0. The molecule has 0 atom stereocenters. The van der Waals surface area contributed by atoms with Gasteiger partial charge in [0, 0.05) is 54.5 Å². The van der Waals surface area contributed by atoms with E-state index < -0.39 is 0 Å². The molecule has 0 saturated carbocycles. The highest BCUT2D eigenvalue weighted by atomic mass is 15.2. The van der Waals surface area contributed by atoms with E-state index in [0.717, 1.165) is 49.7 Å². The average Bonchev–Trinajstić information content (AvgIpc) is 3.97. The molecule has 0 bridgehead atoms. The van der Waals surface area contributed by atoms with E-state index in [1.807, 2.05) is 36.4 Å². The van der Waals surface area contributed by atoms with Gasteiger partial charge < -0.3 is 9.13 Å². The molecule has 0 unspecified atom stereocenters. The Morgan fingerprint density at radius 1 is 0.295 bits per heavy atom. The second-order valence-electron chi connectivity index (χ2n) is 15.6. The molecule has 0 aliphatic heterocycles. The minimum absolute atomic E-state index is 0.571. The summed E-state index contributed by atoms with van der Waals surface area (Å²) in [5.74, 6) is 1.82. The van der Waals surface area contributed by atoms with Crippen molar-refractivity contribution in [1.29, 1.82) is 0 Å². The van der Waals surface area contributed by atoms with E-state index in [-0.39, 0.29) is 0 Å². The molecule has 0 saturated heterocycles. The van der Waals surface area contributed by atoms with Crippen LogP contribution in [0.4, 0.5) is 0 Å². The first-order valence-corrected chi connectivity index (χ1v) is 20.6. The molecule has 9 aromatic carbocycles. The Hall–Kier alpha value is -8.35. The van der Waals surface area contributed by atoms with Crippen LogP contribution >= 0.6 is 0 Å². The Labute approximate surface area is 349 Å². The van der Waals surface area contributed by atoms with Gasteiger partial charge in [-0.15, -0.1) is 0 Å². The maximum Gasteiger partial charge on any atom is 0.238 e. The van der Waals surface area contributed by atoms with Gasteiger partial charge in [-0.3, -0.25) is 4.57 Å². The van der Waals surface area contributed by atoms with E-state index in [1.165, 1.54) is 49.0 Å². The topological polar surface area (TPSA) is 53.5 Å². The number of rotatable bonds is 5. The molecular weight excluding hydrogens is 745 g/mol. The van der Waals surface area contributed by atoms with E-state index in [1.54, 1.807) is 0 Å². The monoisotopic (exact) mass is 778 g/mol. The highest BCUT2D eigenvalue weighted by Gasteiger charge is 2.23. The van der Waals surface area contributed by atoms with Crippen LogP contribution in [0.3, 0.4) is 0 Å². The fourth-order valence-electron chi connectivity index (χ4n) is 9.67. The smallest absolute Gasteiger partial charge is 0.238 e. The standard InChI is InChI=1S/C55H34N6/c1-3-17-36(18-4-1)53-56-54(37-19-5-2-6-20-37)58-55(57-53)61-45-26-12-9-23-40(45)41-31-30-38(34-50(41)61)59-46-27-13-10-24-42(46)51-48(59)32-33-49-52(51)43-25-11-14-28-47(43)60(49)44-29-15-21-35-16-7-8-22-39(35)44/h1-34H. The summed E-state index contributed by atoms with van der Waals surface area (Å²) in [5.41, 5.74) is 10.8. The van der Waals surface area contributed by atoms with Gasteiger partial charge in [-0.2, -0.15) is 9.97 Å². The average molecular weight is 779 g/mol. The lowest BCUT2D eigenvalue weighted by Crippen LogP contribution is -2.06. The van der Waals surface area contributed by atoms with Crippen molar-refractivity contribution in [2.75, 3.05) is 0 Å². The van der Waals surface area contributed by atoms with Gasteiger partial charge in [0.15, 0.2) is 11.6 Å². The molecule has 13 aromatic rings. The molecule has 0 fully saturated rings. The summed E-state index contributed by atoms with van der Waals surface area (Å²) >= 11 is 0. The lowest BCUT2D eigenvalue weighted by molar-refractivity contribution is 0.953. The molecule has 61 heavy (non-hydrogen) atoms. The Balaban J connectivity index is 1.10. The summed E-state index contributed by atoms with van der Waals surface area (Å²) in [7, 11) is 0. The van der Waals surface area contributed by atoms with Gasteiger partial charge in [0.1, 0.15) is 0 Å². The maximum atomic E-state index is 5.21. The number of para-hydroxylation sites is 3. The molecule has 4 aromatic heterocycles. The normalized spacial score (nSPS) is 11.9. The predicted octanol–water partition coefficient (Wildman–Crippen LogP) is 13.7. The van der Waals surface area contributed by atoms with Gasteiger partial charge in [-0.25, -0.2) is 4.98 Å². The third-order valence-corrected chi connectivity index (χ3v) is 12.3. The first-order valence-electron chi connectivity index (χ1n) is 20.6.